The third-order valence-electron chi connectivity index (χ3n) is 5.65. The number of benzene rings is 3. The standard InChI is InChI=1S/C25H25Cl2N5O2/c1-5-31(6-2)17-7-9-18(10-8-17)32-29-22-11-15(3)21(14-23(22)30-32)28-25(33)16-12-19(26)24(34-4)20(27)13-16/h7-14H,5-6H2,1-4H3,(H,28,33). The number of fused-ring (bicyclic) bond motifs is 1. The van der Waals surface area contributed by atoms with Crippen molar-refractivity contribution in [2.24, 2.45) is 0 Å². The Morgan fingerprint density at radius 2 is 1.59 bits per heavy atom. The van der Waals surface area contributed by atoms with Crippen LogP contribution in [0.2, 0.25) is 10.0 Å². The summed E-state index contributed by atoms with van der Waals surface area (Å²) in [5.74, 6) is -0.00693. The number of ether oxygens (including phenoxy) is 1. The number of nitrogens with one attached hydrogen (secondary N) is 1. The molecule has 4 aromatic rings. The van der Waals surface area contributed by atoms with Gasteiger partial charge < -0.3 is 15.0 Å². The number of aryl methyl sites for hydroxylation is 1. The Bertz CT molecular complexity index is 1320. The molecule has 1 N–H and O–H groups in total. The first kappa shape index (κ1) is 23.9. The summed E-state index contributed by atoms with van der Waals surface area (Å²) in [7, 11) is 1.47. The van der Waals surface area contributed by atoms with Gasteiger partial charge in [-0.25, -0.2) is 0 Å². The molecule has 0 atom stereocenters. The highest BCUT2D eigenvalue weighted by molar-refractivity contribution is 6.37. The second-order valence-corrected chi connectivity index (χ2v) is 8.58. The van der Waals surface area contributed by atoms with Crippen molar-refractivity contribution < 1.29 is 9.53 Å². The summed E-state index contributed by atoms with van der Waals surface area (Å²) in [6.45, 7) is 8.07. The van der Waals surface area contributed by atoms with Crippen molar-refractivity contribution in [1.82, 2.24) is 15.0 Å². The molecule has 1 aromatic heterocycles. The lowest BCUT2D eigenvalue weighted by molar-refractivity contribution is 0.102. The largest absolute Gasteiger partial charge is 0.494 e. The molecule has 0 saturated heterocycles. The predicted octanol–water partition coefficient (Wildman–Crippen LogP) is 6.14. The Morgan fingerprint density at radius 1 is 1.00 bits per heavy atom. The molecular weight excluding hydrogens is 473 g/mol. The zero-order chi connectivity index (χ0) is 24.4. The van der Waals surface area contributed by atoms with Crippen LogP contribution in [0.4, 0.5) is 11.4 Å². The van der Waals surface area contributed by atoms with Gasteiger partial charge in [-0.2, -0.15) is 4.80 Å². The minimum Gasteiger partial charge on any atom is -0.494 e. The maximum absolute atomic E-state index is 12.9. The van der Waals surface area contributed by atoms with Gasteiger partial charge in [0.2, 0.25) is 0 Å². The van der Waals surface area contributed by atoms with E-state index in [9.17, 15) is 4.79 Å². The Labute approximate surface area is 208 Å². The van der Waals surface area contributed by atoms with Crippen LogP contribution < -0.4 is 15.0 Å². The molecule has 0 aliphatic heterocycles. The molecule has 0 aliphatic rings. The first-order chi connectivity index (χ1) is 16.3. The number of amides is 1. The van der Waals surface area contributed by atoms with E-state index in [1.165, 1.54) is 19.2 Å². The summed E-state index contributed by atoms with van der Waals surface area (Å²) < 4.78 is 5.15. The van der Waals surface area contributed by atoms with E-state index in [-0.39, 0.29) is 16.0 Å². The average Bonchev–Trinajstić information content (AvgIpc) is 3.23. The molecule has 0 unspecified atom stereocenters. The van der Waals surface area contributed by atoms with Gasteiger partial charge in [0.1, 0.15) is 11.0 Å². The number of carbonyl (C=O) groups is 1. The molecule has 0 radical (unpaired) electrons. The Kier molecular flexibility index (Phi) is 6.95. The number of carbonyl (C=O) groups excluding carboxylic acids is 1. The minimum absolute atomic E-state index is 0.266. The number of aromatic nitrogens is 3. The Morgan fingerprint density at radius 3 is 2.15 bits per heavy atom. The molecule has 1 heterocycles. The number of anilines is 2. The first-order valence-electron chi connectivity index (χ1n) is 10.9. The van der Waals surface area contributed by atoms with E-state index < -0.39 is 0 Å². The first-order valence-corrected chi connectivity index (χ1v) is 11.7. The summed E-state index contributed by atoms with van der Waals surface area (Å²) in [4.78, 5) is 16.7. The summed E-state index contributed by atoms with van der Waals surface area (Å²) in [5, 5.41) is 12.7. The number of hydrogen-bond acceptors (Lipinski definition) is 5. The van der Waals surface area contributed by atoms with E-state index in [0.29, 0.717) is 22.5 Å². The molecule has 0 spiro atoms. The number of methoxy groups -OCH3 is 1. The lowest BCUT2D eigenvalue weighted by Crippen LogP contribution is -2.21. The van der Waals surface area contributed by atoms with Crippen LogP contribution in [0, 0.1) is 6.92 Å². The molecule has 0 saturated carbocycles. The van der Waals surface area contributed by atoms with E-state index in [0.717, 1.165) is 35.5 Å². The van der Waals surface area contributed by atoms with Gasteiger partial charge >= 0.3 is 0 Å². The molecule has 9 heteroatoms. The molecule has 0 fully saturated rings. The van der Waals surface area contributed by atoms with Crippen LogP contribution in [0.5, 0.6) is 5.75 Å². The molecule has 4 rings (SSSR count). The molecule has 3 aromatic carbocycles. The second-order valence-electron chi connectivity index (χ2n) is 7.76. The van der Waals surface area contributed by atoms with Crippen molar-refractivity contribution in [1.29, 1.82) is 0 Å². The van der Waals surface area contributed by atoms with Crippen molar-refractivity contribution in [3.8, 4) is 11.4 Å². The Hall–Kier alpha value is -3.29. The van der Waals surface area contributed by atoms with E-state index >= 15 is 0 Å². The maximum atomic E-state index is 12.9. The fraction of sp³-hybridized carbons (Fsp3) is 0.240. The third-order valence-corrected chi connectivity index (χ3v) is 6.21. The van der Waals surface area contributed by atoms with Gasteiger partial charge in [0.25, 0.3) is 5.91 Å². The van der Waals surface area contributed by atoms with E-state index in [4.69, 9.17) is 27.9 Å². The van der Waals surface area contributed by atoms with Crippen LogP contribution >= 0.6 is 23.2 Å². The minimum atomic E-state index is -0.340. The molecule has 0 aliphatic carbocycles. The topological polar surface area (TPSA) is 72.3 Å². The van der Waals surface area contributed by atoms with E-state index in [2.05, 4.69) is 46.4 Å². The van der Waals surface area contributed by atoms with Crippen LogP contribution in [-0.4, -0.2) is 41.1 Å². The highest BCUT2D eigenvalue weighted by atomic mass is 35.5. The number of nitrogens with zero attached hydrogens (tertiary/aromatic N) is 4. The smallest absolute Gasteiger partial charge is 0.255 e. The van der Waals surface area contributed by atoms with E-state index in [1.54, 1.807) is 4.80 Å². The molecule has 7 nitrogen and oxygen atoms in total. The fourth-order valence-corrected chi connectivity index (χ4v) is 4.43. The predicted molar refractivity (Wildman–Crippen MR) is 138 cm³/mol. The summed E-state index contributed by atoms with van der Waals surface area (Å²) >= 11 is 12.4. The molecular formula is C25H25Cl2N5O2. The zero-order valence-corrected chi connectivity index (χ0v) is 20.9. The highest BCUT2D eigenvalue weighted by Gasteiger charge is 2.16. The second kappa shape index (κ2) is 9.91. The summed E-state index contributed by atoms with van der Waals surface area (Å²) in [5.41, 5.74) is 5.23. The van der Waals surface area contributed by atoms with Crippen LogP contribution in [0.3, 0.4) is 0 Å². The number of rotatable bonds is 7. The van der Waals surface area contributed by atoms with Crippen molar-refractivity contribution in [2.45, 2.75) is 20.8 Å². The molecule has 34 heavy (non-hydrogen) atoms. The van der Waals surface area contributed by atoms with Crippen molar-refractivity contribution >= 4 is 51.5 Å². The number of halogens is 2. The third kappa shape index (κ3) is 4.67. The quantitative estimate of drug-likeness (QED) is 0.331. The van der Waals surface area contributed by atoms with Crippen LogP contribution in [0.1, 0.15) is 29.8 Å². The zero-order valence-electron chi connectivity index (χ0n) is 19.4. The molecule has 176 valence electrons. The van der Waals surface area contributed by atoms with Crippen LogP contribution in [0.25, 0.3) is 16.7 Å². The lowest BCUT2D eigenvalue weighted by Gasteiger charge is -2.20. The SMILES string of the molecule is CCN(CC)c1ccc(-n2nc3cc(C)c(NC(=O)c4cc(Cl)c(OC)c(Cl)c4)cc3n2)cc1. The van der Waals surface area contributed by atoms with Crippen LogP contribution in [0.15, 0.2) is 48.5 Å². The Balaban J connectivity index is 1.60. The van der Waals surface area contributed by atoms with Gasteiger partial charge in [-0.15, -0.1) is 10.2 Å². The molecule has 1 amide bonds. The summed E-state index contributed by atoms with van der Waals surface area (Å²) in [6, 6.07) is 14.9. The average molecular weight is 498 g/mol. The number of hydrogen-bond donors (Lipinski definition) is 1. The van der Waals surface area contributed by atoms with E-state index in [1.807, 2.05) is 31.2 Å². The monoisotopic (exact) mass is 497 g/mol. The molecule has 0 bridgehead atoms. The van der Waals surface area contributed by atoms with Crippen molar-refractivity contribution in [2.75, 3.05) is 30.4 Å². The fourth-order valence-electron chi connectivity index (χ4n) is 3.78. The normalized spacial score (nSPS) is 11.0. The highest BCUT2D eigenvalue weighted by Crippen LogP contribution is 2.34. The van der Waals surface area contributed by atoms with Gasteiger partial charge in [-0.1, -0.05) is 23.2 Å². The van der Waals surface area contributed by atoms with Gasteiger partial charge in [-0.3, -0.25) is 4.79 Å². The van der Waals surface area contributed by atoms with Gasteiger partial charge in [-0.05, 0) is 74.9 Å². The van der Waals surface area contributed by atoms with Gasteiger partial charge in [0, 0.05) is 30.0 Å². The van der Waals surface area contributed by atoms with Gasteiger partial charge in [0.05, 0.1) is 22.8 Å². The summed E-state index contributed by atoms with van der Waals surface area (Å²) in [6.07, 6.45) is 0. The van der Waals surface area contributed by atoms with Gasteiger partial charge in [0.15, 0.2) is 5.75 Å². The van der Waals surface area contributed by atoms with Crippen LogP contribution in [-0.2, 0) is 0 Å². The maximum Gasteiger partial charge on any atom is 0.255 e. The van der Waals surface area contributed by atoms with Crippen molar-refractivity contribution in [3.05, 3.63) is 69.7 Å². The lowest BCUT2D eigenvalue weighted by atomic mass is 10.1. The van der Waals surface area contributed by atoms with Crippen molar-refractivity contribution in [3.63, 3.8) is 0 Å².